The molecule has 19 heavy (non-hydrogen) atoms. The van der Waals surface area contributed by atoms with Gasteiger partial charge in [0.15, 0.2) is 0 Å². The number of nitrogens with zero attached hydrogens (tertiary/aromatic N) is 1. The molecule has 0 heterocycles. The summed E-state index contributed by atoms with van der Waals surface area (Å²) in [5, 5.41) is 14.2. The van der Waals surface area contributed by atoms with Crippen molar-refractivity contribution < 1.29 is 4.92 Å². The highest BCUT2D eigenvalue weighted by molar-refractivity contribution is 5.33. The highest BCUT2D eigenvalue weighted by Crippen LogP contribution is 2.28. The van der Waals surface area contributed by atoms with Crippen LogP contribution in [0.5, 0.6) is 0 Å². The minimum Gasteiger partial charge on any atom is -0.314 e. The zero-order valence-electron chi connectivity index (χ0n) is 11.5. The molecule has 0 bridgehead atoms. The van der Waals surface area contributed by atoms with Crippen molar-refractivity contribution in [3.05, 3.63) is 39.9 Å². The standard InChI is InChI=1S/C15H22N2O2/c1-2-16-15-6-4-3-5-13(15)11-12-7-9-14(10-8-12)17(18)19/h7-10,13,15-16H,2-6,11H2,1H3. The first-order valence-corrected chi connectivity index (χ1v) is 7.17. The number of rotatable bonds is 5. The smallest absolute Gasteiger partial charge is 0.269 e. The summed E-state index contributed by atoms with van der Waals surface area (Å²) < 4.78 is 0. The van der Waals surface area contributed by atoms with E-state index in [-0.39, 0.29) is 10.6 Å². The monoisotopic (exact) mass is 262 g/mol. The van der Waals surface area contributed by atoms with Gasteiger partial charge in [0, 0.05) is 18.2 Å². The van der Waals surface area contributed by atoms with E-state index in [9.17, 15) is 10.1 Å². The molecule has 1 aliphatic carbocycles. The summed E-state index contributed by atoms with van der Waals surface area (Å²) >= 11 is 0. The summed E-state index contributed by atoms with van der Waals surface area (Å²) in [5.74, 6) is 0.662. The average molecular weight is 262 g/mol. The number of hydrogen-bond acceptors (Lipinski definition) is 3. The lowest BCUT2D eigenvalue weighted by Crippen LogP contribution is -2.39. The highest BCUT2D eigenvalue weighted by atomic mass is 16.6. The first kappa shape index (κ1) is 14.0. The van der Waals surface area contributed by atoms with Gasteiger partial charge >= 0.3 is 0 Å². The molecule has 1 fully saturated rings. The summed E-state index contributed by atoms with van der Waals surface area (Å²) in [5.41, 5.74) is 1.39. The maximum absolute atomic E-state index is 10.6. The number of hydrogen-bond donors (Lipinski definition) is 1. The van der Waals surface area contributed by atoms with Crippen LogP contribution in [0, 0.1) is 16.0 Å². The van der Waals surface area contributed by atoms with Crippen molar-refractivity contribution in [2.45, 2.75) is 45.1 Å². The fourth-order valence-electron chi connectivity index (χ4n) is 3.04. The number of non-ortho nitro benzene ring substituents is 1. The van der Waals surface area contributed by atoms with Gasteiger partial charge < -0.3 is 5.32 Å². The molecule has 104 valence electrons. The molecule has 4 nitrogen and oxygen atoms in total. The van der Waals surface area contributed by atoms with Crippen LogP contribution in [0.4, 0.5) is 5.69 Å². The molecular formula is C15H22N2O2. The molecule has 0 saturated heterocycles. The molecule has 1 aromatic rings. The Balaban J connectivity index is 2.00. The average Bonchev–Trinajstić information content (AvgIpc) is 2.42. The Labute approximate surface area is 114 Å². The van der Waals surface area contributed by atoms with Gasteiger partial charge in [-0.05, 0) is 37.3 Å². The summed E-state index contributed by atoms with van der Waals surface area (Å²) in [6.45, 7) is 3.17. The maximum atomic E-state index is 10.6. The zero-order chi connectivity index (χ0) is 13.7. The third kappa shape index (κ3) is 3.77. The summed E-state index contributed by atoms with van der Waals surface area (Å²) in [6.07, 6.45) is 6.16. The Hall–Kier alpha value is -1.42. The van der Waals surface area contributed by atoms with E-state index in [1.54, 1.807) is 12.1 Å². The van der Waals surface area contributed by atoms with Gasteiger partial charge in [-0.2, -0.15) is 0 Å². The van der Waals surface area contributed by atoms with Crippen LogP contribution >= 0.6 is 0 Å². The largest absolute Gasteiger partial charge is 0.314 e. The number of nitrogens with one attached hydrogen (secondary N) is 1. The summed E-state index contributed by atoms with van der Waals surface area (Å²) in [7, 11) is 0. The fraction of sp³-hybridized carbons (Fsp3) is 0.600. The van der Waals surface area contributed by atoms with Crippen molar-refractivity contribution in [1.82, 2.24) is 5.32 Å². The van der Waals surface area contributed by atoms with Crippen molar-refractivity contribution in [3.8, 4) is 0 Å². The molecule has 0 amide bonds. The molecule has 4 heteroatoms. The predicted molar refractivity (Wildman–Crippen MR) is 76.2 cm³/mol. The van der Waals surface area contributed by atoms with E-state index in [1.807, 2.05) is 12.1 Å². The van der Waals surface area contributed by atoms with Gasteiger partial charge in [0.2, 0.25) is 0 Å². The molecule has 0 aliphatic heterocycles. The second-order valence-corrected chi connectivity index (χ2v) is 5.34. The van der Waals surface area contributed by atoms with Crippen LogP contribution in [0.2, 0.25) is 0 Å². The minimum atomic E-state index is -0.341. The Kier molecular flexibility index (Phi) is 4.91. The second-order valence-electron chi connectivity index (χ2n) is 5.34. The van der Waals surface area contributed by atoms with Crippen LogP contribution in [0.25, 0.3) is 0 Å². The quantitative estimate of drug-likeness (QED) is 0.654. The molecule has 0 radical (unpaired) electrons. The van der Waals surface area contributed by atoms with Gasteiger partial charge in [-0.15, -0.1) is 0 Å². The molecule has 1 aromatic carbocycles. The van der Waals surface area contributed by atoms with Gasteiger partial charge in [0.1, 0.15) is 0 Å². The minimum absolute atomic E-state index is 0.177. The second kappa shape index (κ2) is 6.66. The molecule has 2 unspecified atom stereocenters. The summed E-state index contributed by atoms with van der Waals surface area (Å²) in [6, 6.07) is 7.63. The Morgan fingerprint density at radius 1 is 1.26 bits per heavy atom. The van der Waals surface area contributed by atoms with E-state index in [4.69, 9.17) is 0 Å². The van der Waals surface area contributed by atoms with Gasteiger partial charge in [-0.1, -0.05) is 31.9 Å². The predicted octanol–water partition coefficient (Wildman–Crippen LogP) is 3.31. The van der Waals surface area contributed by atoms with E-state index >= 15 is 0 Å². The van der Waals surface area contributed by atoms with Crippen LogP contribution in [0.1, 0.15) is 38.2 Å². The van der Waals surface area contributed by atoms with Crippen molar-refractivity contribution in [3.63, 3.8) is 0 Å². The Morgan fingerprint density at radius 2 is 1.95 bits per heavy atom. The summed E-state index contributed by atoms with van der Waals surface area (Å²) in [4.78, 5) is 10.3. The lowest BCUT2D eigenvalue weighted by molar-refractivity contribution is -0.384. The molecule has 0 aromatic heterocycles. The molecule has 1 saturated carbocycles. The number of benzene rings is 1. The molecule has 1 aliphatic rings. The molecule has 2 rings (SSSR count). The van der Waals surface area contributed by atoms with Crippen molar-refractivity contribution in [2.24, 2.45) is 5.92 Å². The van der Waals surface area contributed by atoms with Crippen LogP contribution in [0.3, 0.4) is 0 Å². The van der Waals surface area contributed by atoms with Gasteiger partial charge in [-0.3, -0.25) is 10.1 Å². The third-order valence-electron chi connectivity index (χ3n) is 4.02. The van der Waals surface area contributed by atoms with Gasteiger partial charge in [0.25, 0.3) is 5.69 Å². The van der Waals surface area contributed by atoms with Crippen molar-refractivity contribution in [1.29, 1.82) is 0 Å². The van der Waals surface area contributed by atoms with E-state index < -0.39 is 0 Å². The van der Waals surface area contributed by atoms with Crippen LogP contribution in [0.15, 0.2) is 24.3 Å². The highest BCUT2D eigenvalue weighted by Gasteiger charge is 2.24. The maximum Gasteiger partial charge on any atom is 0.269 e. The molecular weight excluding hydrogens is 240 g/mol. The van der Waals surface area contributed by atoms with E-state index in [1.165, 1.54) is 31.2 Å². The number of nitro benzene ring substituents is 1. The van der Waals surface area contributed by atoms with Crippen molar-refractivity contribution >= 4 is 5.69 Å². The third-order valence-corrected chi connectivity index (χ3v) is 4.02. The van der Waals surface area contributed by atoms with Crippen LogP contribution < -0.4 is 5.32 Å². The lowest BCUT2D eigenvalue weighted by atomic mass is 9.80. The Morgan fingerprint density at radius 3 is 2.58 bits per heavy atom. The van der Waals surface area contributed by atoms with E-state index in [2.05, 4.69) is 12.2 Å². The zero-order valence-corrected chi connectivity index (χ0v) is 11.5. The Bertz CT molecular complexity index is 415. The van der Waals surface area contributed by atoms with E-state index in [0.717, 1.165) is 13.0 Å². The fourth-order valence-corrected chi connectivity index (χ4v) is 3.04. The lowest BCUT2D eigenvalue weighted by Gasteiger charge is -2.32. The first-order valence-electron chi connectivity index (χ1n) is 7.17. The van der Waals surface area contributed by atoms with Crippen LogP contribution in [-0.2, 0) is 6.42 Å². The normalized spacial score (nSPS) is 23.2. The molecule has 0 spiro atoms. The van der Waals surface area contributed by atoms with E-state index in [0.29, 0.717) is 12.0 Å². The topological polar surface area (TPSA) is 55.2 Å². The molecule has 1 N–H and O–H groups in total. The van der Waals surface area contributed by atoms with Crippen molar-refractivity contribution in [2.75, 3.05) is 6.54 Å². The van der Waals surface area contributed by atoms with Crippen LogP contribution in [-0.4, -0.2) is 17.5 Å². The molecule has 2 atom stereocenters. The SMILES string of the molecule is CCNC1CCCCC1Cc1ccc([N+](=O)[O-])cc1. The number of nitro groups is 1. The first-order chi connectivity index (χ1) is 9.20. The van der Waals surface area contributed by atoms with Gasteiger partial charge in [-0.25, -0.2) is 0 Å². The van der Waals surface area contributed by atoms with Gasteiger partial charge in [0.05, 0.1) is 4.92 Å².